The summed E-state index contributed by atoms with van der Waals surface area (Å²) in [6.45, 7) is 7.78. The van der Waals surface area contributed by atoms with Crippen molar-refractivity contribution in [1.29, 1.82) is 0 Å². The SMILES string of the molecule is Cc1c(CNCc2ccccc2OC(C)C)cnn1C. The molecule has 0 bridgehead atoms. The molecule has 0 spiro atoms. The molecule has 0 aliphatic carbocycles. The monoisotopic (exact) mass is 273 g/mol. The van der Waals surface area contributed by atoms with Gasteiger partial charge >= 0.3 is 0 Å². The lowest BCUT2D eigenvalue weighted by molar-refractivity contribution is 0.239. The van der Waals surface area contributed by atoms with Crippen LogP contribution in [-0.4, -0.2) is 15.9 Å². The highest BCUT2D eigenvalue weighted by Crippen LogP contribution is 2.19. The van der Waals surface area contributed by atoms with E-state index in [0.29, 0.717) is 0 Å². The number of hydrogen-bond donors (Lipinski definition) is 1. The van der Waals surface area contributed by atoms with Crippen LogP contribution in [0.4, 0.5) is 0 Å². The van der Waals surface area contributed by atoms with E-state index in [9.17, 15) is 0 Å². The Morgan fingerprint density at radius 1 is 1.20 bits per heavy atom. The van der Waals surface area contributed by atoms with Gasteiger partial charge in [-0.1, -0.05) is 18.2 Å². The molecule has 1 aromatic carbocycles. The maximum absolute atomic E-state index is 5.82. The van der Waals surface area contributed by atoms with Gasteiger partial charge in [0.25, 0.3) is 0 Å². The lowest BCUT2D eigenvalue weighted by atomic mass is 10.2. The second-order valence-electron chi connectivity index (χ2n) is 5.26. The molecule has 0 saturated heterocycles. The molecule has 0 atom stereocenters. The normalized spacial score (nSPS) is 11.1. The van der Waals surface area contributed by atoms with Gasteiger partial charge in [-0.05, 0) is 26.8 Å². The fraction of sp³-hybridized carbons (Fsp3) is 0.438. The first-order valence-electron chi connectivity index (χ1n) is 7.00. The van der Waals surface area contributed by atoms with E-state index in [2.05, 4.69) is 23.4 Å². The van der Waals surface area contributed by atoms with Crippen LogP contribution < -0.4 is 10.1 Å². The van der Waals surface area contributed by atoms with E-state index >= 15 is 0 Å². The van der Waals surface area contributed by atoms with Gasteiger partial charge in [-0.3, -0.25) is 4.68 Å². The highest BCUT2D eigenvalue weighted by molar-refractivity contribution is 5.33. The van der Waals surface area contributed by atoms with Crippen LogP contribution in [-0.2, 0) is 20.1 Å². The van der Waals surface area contributed by atoms with Gasteiger partial charge in [0.05, 0.1) is 12.3 Å². The fourth-order valence-corrected chi connectivity index (χ4v) is 2.07. The second kappa shape index (κ2) is 6.57. The number of benzene rings is 1. The Labute approximate surface area is 120 Å². The minimum Gasteiger partial charge on any atom is -0.491 e. The zero-order valence-electron chi connectivity index (χ0n) is 12.7. The molecule has 20 heavy (non-hydrogen) atoms. The Hall–Kier alpha value is -1.81. The molecule has 108 valence electrons. The predicted molar refractivity (Wildman–Crippen MR) is 80.7 cm³/mol. The van der Waals surface area contributed by atoms with Crippen molar-refractivity contribution in [2.24, 2.45) is 7.05 Å². The van der Waals surface area contributed by atoms with Gasteiger partial charge in [0.15, 0.2) is 0 Å². The van der Waals surface area contributed by atoms with E-state index in [0.717, 1.165) is 18.8 Å². The molecule has 0 fully saturated rings. The van der Waals surface area contributed by atoms with Crippen molar-refractivity contribution < 1.29 is 4.74 Å². The molecule has 2 aromatic rings. The predicted octanol–water partition coefficient (Wildman–Crippen LogP) is 2.81. The number of nitrogens with zero attached hydrogens (tertiary/aromatic N) is 2. The summed E-state index contributed by atoms with van der Waals surface area (Å²) >= 11 is 0. The summed E-state index contributed by atoms with van der Waals surface area (Å²) in [5.41, 5.74) is 3.61. The number of para-hydroxylation sites is 1. The topological polar surface area (TPSA) is 39.1 Å². The van der Waals surface area contributed by atoms with Crippen molar-refractivity contribution in [1.82, 2.24) is 15.1 Å². The minimum absolute atomic E-state index is 0.191. The minimum atomic E-state index is 0.191. The molecule has 2 rings (SSSR count). The summed E-state index contributed by atoms with van der Waals surface area (Å²) in [4.78, 5) is 0. The molecule has 0 aliphatic heterocycles. The molecule has 0 saturated carbocycles. The van der Waals surface area contributed by atoms with Gasteiger partial charge in [-0.15, -0.1) is 0 Å². The molecule has 0 aliphatic rings. The third-order valence-electron chi connectivity index (χ3n) is 3.30. The first-order chi connectivity index (χ1) is 9.58. The summed E-state index contributed by atoms with van der Waals surface area (Å²) in [5, 5.41) is 7.70. The molecule has 0 unspecified atom stereocenters. The van der Waals surface area contributed by atoms with Crippen LogP contribution in [0.1, 0.15) is 30.7 Å². The zero-order chi connectivity index (χ0) is 14.5. The van der Waals surface area contributed by atoms with Crippen LogP contribution in [0, 0.1) is 6.92 Å². The van der Waals surface area contributed by atoms with E-state index < -0.39 is 0 Å². The Morgan fingerprint density at radius 3 is 2.55 bits per heavy atom. The van der Waals surface area contributed by atoms with Gasteiger partial charge in [0, 0.05) is 37.0 Å². The number of hydrogen-bond acceptors (Lipinski definition) is 3. The maximum Gasteiger partial charge on any atom is 0.124 e. The van der Waals surface area contributed by atoms with Gasteiger partial charge in [0.1, 0.15) is 5.75 Å². The van der Waals surface area contributed by atoms with E-state index in [1.54, 1.807) is 0 Å². The molecule has 0 radical (unpaired) electrons. The smallest absolute Gasteiger partial charge is 0.124 e. The van der Waals surface area contributed by atoms with Crippen molar-refractivity contribution in [2.75, 3.05) is 0 Å². The summed E-state index contributed by atoms with van der Waals surface area (Å²) in [6.07, 6.45) is 2.11. The average Bonchev–Trinajstić information content (AvgIpc) is 2.72. The summed E-state index contributed by atoms with van der Waals surface area (Å²) < 4.78 is 7.72. The van der Waals surface area contributed by atoms with Gasteiger partial charge in [-0.2, -0.15) is 5.10 Å². The van der Waals surface area contributed by atoms with E-state index in [-0.39, 0.29) is 6.10 Å². The molecular formula is C16H23N3O. The van der Waals surface area contributed by atoms with Crippen molar-refractivity contribution in [2.45, 2.75) is 40.0 Å². The van der Waals surface area contributed by atoms with Gasteiger partial charge < -0.3 is 10.1 Å². The summed E-state index contributed by atoms with van der Waals surface area (Å²) in [6, 6.07) is 8.17. The van der Waals surface area contributed by atoms with Crippen molar-refractivity contribution in [3.05, 3.63) is 47.3 Å². The van der Waals surface area contributed by atoms with Gasteiger partial charge in [-0.25, -0.2) is 0 Å². The van der Waals surface area contributed by atoms with Crippen LogP contribution >= 0.6 is 0 Å². The third kappa shape index (κ3) is 3.61. The first-order valence-corrected chi connectivity index (χ1v) is 7.00. The zero-order valence-corrected chi connectivity index (χ0v) is 12.7. The molecular weight excluding hydrogens is 250 g/mol. The van der Waals surface area contributed by atoms with Crippen molar-refractivity contribution >= 4 is 0 Å². The van der Waals surface area contributed by atoms with E-state index in [4.69, 9.17) is 4.74 Å². The lowest BCUT2D eigenvalue weighted by Gasteiger charge is -2.14. The third-order valence-corrected chi connectivity index (χ3v) is 3.30. The summed E-state index contributed by atoms with van der Waals surface area (Å²) in [5.74, 6) is 0.956. The Morgan fingerprint density at radius 2 is 1.90 bits per heavy atom. The maximum atomic E-state index is 5.82. The van der Waals surface area contributed by atoms with Crippen molar-refractivity contribution in [3.63, 3.8) is 0 Å². The standard InChI is InChI=1S/C16H23N3O/c1-12(2)20-16-8-6-5-7-14(16)9-17-10-15-11-18-19(4)13(15)3/h5-8,11-12,17H,9-10H2,1-4H3. The van der Waals surface area contributed by atoms with Crippen molar-refractivity contribution in [3.8, 4) is 5.75 Å². The molecule has 1 heterocycles. The molecule has 4 heteroatoms. The number of nitrogens with one attached hydrogen (secondary N) is 1. The molecule has 0 amide bonds. The Kier molecular flexibility index (Phi) is 4.79. The Bertz CT molecular complexity index is 561. The van der Waals surface area contributed by atoms with Crippen LogP contribution in [0.15, 0.2) is 30.5 Å². The van der Waals surface area contributed by atoms with Crippen LogP contribution in [0.3, 0.4) is 0 Å². The average molecular weight is 273 g/mol. The number of rotatable bonds is 6. The van der Waals surface area contributed by atoms with E-state index in [1.165, 1.54) is 16.8 Å². The number of aryl methyl sites for hydroxylation is 1. The first kappa shape index (κ1) is 14.6. The molecule has 1 N–H and O–H groups in total. The van der Waals surface area contributed by atoms with Crippen LogP contribution in [0.2, 0.25) is 0 Å². The number of ether oxygens (including phenoxy) is 1. The molecule has 4 nitrogen and oxygen atoms in total. The van der Waals surface area contributed by atoms with Crippen LogP contribution in [0.5, 0.6) is 5.75 Å². The van der Waals surface area contributed by atoms with Crippen LogP contribution in [0.25, 0.3) is 0 Å². The second-order valence-corrected chi connectivity index (χ2v) is 5.26. The Balaban J connectivity index is 1.95. The summed E-state index contributed by atoms with van der Waals surface area (Å²) in [7, 11) is 1.96. The molecule has 1 aromatic heterocycles. The largest absolute Gasteiger partial charge is 0.491 e. The fourth-order valence-electron chi connectivity index (χ4n) is 2.07. The van der Waals surface area contributed by atoms with E-state index in [1.807, 2.05) is 50.0 Å². The number of aromatic nitrogens is 2. The highest BCUT2D eigenvalue weighted by Gasteiger charge is 2.06. The van der Waals surface area contributed by atoms with Gasteiger partial charge in [0.2, 0.25) is 0 Å². The quantitative estimate of drug-likeness (QED) is 0.879. The lowest BCUT2D eigenvalue weighted by Crippen LogP contribution is -2.15. The highest BCUT2D eigenvalue weighted by atomic mass is 16.5.